The van der Waals surface area contributed by atoms with E-state index < -0.39 is 0 Å². The van der Waals surface area contributed by atoms with Crippen molar-refractivity contribution in [2.45, 2.75) is 0 Å². The molecule has 0 bridgehead atoms. The van der Waals surface area contributed by atoms with Gasteiger partial charge in [-0.2, -0.15) is 0 Å². The van der Waals surface area contributed by atoms with Crippen LogP contribution in [-0.2, 0) is 0 Å². The summed E-state index contributed by atoms with van der Waals surface area (Å²) in [6, 6.07) is 7.83. The van der Waals surface area contributed by atoms with E-state index in [2.05, 4.69) is 25.9 Å². The summed E-state index contributed by atoms with van der Waals surface area (Å²) in [4.78, 5) is 20.3. The van der Waals surface area contributed by atoms with Crippen LogP contribution in [-0.4, -0.2) is 24.1 Å². The van der Waals surface area contributed by atoms with Gasteiger partial charge in [-0.1, -0.05) is 0 Å². The molecule has 1 aromatic heterocycles. The second-order valence-electron chi connectivity index (χ2n) is 3.85. The zero-order chi connectivity index (χ0) is 12.4. The van der Waals surface area contributed by atoms with Gasteiger partial charge in [-0.15, -0.1) is 0 Å². The summed E-state index contributed by atoms with van der Waals surface area (Å²) in [5, 5.41) is 0. The largest absolute Gasteiger partial charge is 0.378 e. The van der Waals surface area contributed by atoms with E-state index in [4.69, 9.17) is 0 Å². The first-order valence-electron chi connectivity index (χ1n) is 5.10. The predicted molar refractivity (Wildman–Crippen MR) is 72.3 cm³/mol. The summed E-state index contributed by atoms with van der Waals surface area (Å²) in [6.45, 7) is 0. The van der Waals surface area contributed by atoms with Crippen molar-refractivity contribution < 1.29 is 0 Å². The molecule has 0 saturated carbocycles. The van der Waals surface area contributed by atoms with Gasteiger partial charge in [-0.3, -0.25) is 4.79 Å². The Labute approximate surface area is 107 Å². The van der Waals surface area contributed by atoms with E-state index in [1.165, 1.54) is 6.20 Å². The summed E-state index contributed by atoms with van der Waals surface area (Å²) >= 11 is 3.12. The standard InChI is InChI=1S/C12H12BrN3O/c1-16(2)9-5-3-8(4-6-9)11-14-7-10(13)12(17)15-11/h3-7H,1-2H3,(H,14,15,17). The van der Waals surface area contributed by atoms with Crippen LogP contribution < -0.4 is 10.5 Å². The normalized spacial score (nSPS) is 10.3. The van der Waals surface area contributed by atoms with E-state index in [1.807, 2.05) is 43.3 Å². The number of aromatic nitrogens is 2. The van der Waals surface area contributed by atoms with Crippen LogP contribution in [0.25, 0.3) is 11.4 Å². The van der Waals surface area contributed by atoms with Crippen LogP contribution in [0, 0.1) is 0 Å². The van der Waals surface area contributed by atoms with Gasteiger partial charge in [-0.05, 0) is 40.2 Å². The molecule has 5 heteroatoms. The summed E-state index contributed by atoms with van der Waals surface area (Å²) in [6.07, 6.45) is 1.51. The molecule has 17 heavy (non-hydrogen) atoms. The molecular weight excluding hydrogens is 282 g/mol. The molecule has 0 aliphatic heterocycles. The van der Waals surface area contributed by atoms with Crippen molar-refractivity contribution in [1.29, 1.82) is 0 Å². The van der Waals surface area contributed by atoms with Gasteiger partial charge in [-0.25, -0.2) is 4.98 Å². The van der Waals surface area contributed by atoms with Crippen molar-refractivity contribution in [2.75, 3.05) is 19.0 Å². The molecule has 0 spiro atoms. The van der Waals surface area contributed by atoms with E-state index in [0.29, 0.717) is 10.3 Å². The minimum atomic E-state index is -0.174. The lowest BCUT2D eigenvalue weighted by Gasteiger charge is -2.12. The number of hydrogen-bond donors (Lipinski definition) is 1. The fraction of sp³-hybridized carbons (Fsp3) is 0.167. The SMILES string of the molecule is CN(C)c1ccc(-c2ncc(Br)c(=O)[nH]2)cc1. The van der Waals surface area contributed by atoms with Crippen LogP contribution in [0.4, 0.5) is 5.69 Å². The van der Waals surface area contributed by atoms with Gasteiger partial charge in [0.25, 0.3) is 5.56 Å². The highest BCUT2D eigenvalue weighted by Gasteiger charge is 2.03. The number of hydrogen-bond acceptors (Lipinski definition) is 3. The summed E-state index contributed by atoms with van der Waals surface area (Å²) in [5.41, 5.74) is 1.82. The number of benzene rings is 1. The third-order valence-electron chi connectivity index (χ3n) is 2.41. The number of halogens is 1. The number of nitrogens with one attached hydrogen (secondary N) is 1. The Kier molecular flexibility index (Phi) is 3.28. The van der Waals surface area contributed by atoms with E-state index in [0.717, 1.165) is 11.3 Å². The van der Waals surface area contributed by atoms with Crippen LogP contribution in [0.15, 0.2) is 39.7 Å². The maximum absolute atomic E-state index is 11.4. The number of anilines is 1. The first kappa shape index (κ1) is 11.9. The second-order valence-corrected chi connectivity index (χ2v) is 4.70. The molecule has 0 radical (unpaired) electrons. The highest BCUT2D eigenvalue weighted by Crippen LogP contribution is 2.18. The molecule has 0 unspecified atom stereocenters. The lowest BCUT2D eigenvalue weighted by molar-refractivity contribution is 1.10. The molecule has 2 aromatic rings. The molecular formula is C12H12BrN3O. The van der Waals surface area contributed by atoms with Gasteiger partial charge in [0.15, 0.2) is 0 Å². The van der Waals surface area contributed by atoms with E-state index >= 15 is 0 Å². The van der Waals surface area contributed by atoms with Gasteiger partial charge in [0.05, 0.1) is 0 Å². The molecule has 4 nitrogen and oxygen atoms in total. The van der Waals surface area contributed by atoms with E-state index in [-0.39, 0.29) is 5.56 Å². The molecule has 0 aliphatic rings. The van der Waals surface area contributed by atoms with Crippen LogP contribution in [0.2, 0.25) is 0 Å². The summed E-state index contributed by atoms with van der Waals surface area (Å²) in [5.74, 6) is 0.573. The van der Waals surface area contributed by atoms with Crippen molar-refractivity contribution in [1.82, 2.24) is 9.97 Å². The monoisotopic (exact) mass is 293 g/mol. The third-order valence-corrected chi connectivity index (χ3v) is 2.98. The number of aromatic amines is 1. The number of H-pyrrole nitrogens is 1. The molecule has 0 atom stereocenters. The Morgan fingerprint density at radius 2 is 1.88 bits per heavy atom. The zero-order valence-corrected chi connectivity index (χ0v) is 11.2. The van der Waals surface area contributed by atoms with Gasteiger partial charge in [0.2, 0.25) is 0 Å². The molecule has 1 aromatic carbocycles. The van der Waals surface area contributed by atoms with E-state index in [1.54, 1.807) is 0 Å². The predicted octanol–water partition coefficient (Wildman–Crippen LogP) is 2.27. The summed E-state index contributed by atoms with van der Waals surface area (Å²) < 4.78 is 0.436. The van der Waals surface area contributed by atoms with E-state index in [9.17, 15) is 4.79 Å². The second kappa shape index (κ2) is 4.71. The molecule has 2 rings (SSSR count). The summed E-state index contributed by atoms with van der Waals surface area (Å²) in [7, 11) is 3.96. The minimum Gasteiger partial charge on any atom is -0.378 e. The van der Waals surface area contributed by atoms with Gasteiger partial charge >= 0.3 is 0 Å². The first-order chi connectivity index (χ1) is 8.08. The highest BCUT2D eigenvalue weighted by atomic mass is 79.9. The average Bonchev–Trinajstić information content (AvgIpc) is 2.33. The number of nitrogens with zero attached hydrogens (tertiary/aromatic N) is 2. The van der Waals surface area contributed by atoms with Crippen LogP contribution >= 0.6 is 15.9 Å². The molecule has 0 fully saturated rings. The van der Waals surface area contributed by atoms with Crippen molar-refractivity contribution in [2.24, 2.45) is 0 Å². The van der Waals surface area contributed by atoms with Crippen LogP contribution in [0.3, 0.4) is 0 Å². The Morgan fingerprint density at radius 3 is 2.41 bits per heavy atom. The molecule has 1 heterocycles. The Balaban J connectivity index is 2.40. The highest BCUT2D eigenvalue weighted by molar-refractivity contribution is 9.10. The molecule has 88 valence electrons. The van der Waals surface area contributed by atoms with Gasteiger partial charge < -0.3 is 9.88 Å². The lowest BCUT2D eigenvalue weighted by Crippen LogP contribution is -2.10. The maximum atomic E-state index is 11.4. The molecule has 1 N–H and O–H groups in total. The zero-order valence-electron chi connectivity index (χ0n) is 9.57. The lowest BCUT2D eigenvalue weighted by atomic mass is 10.2. The van der Waals surface area contributed by atoms with Crippen LogP contribution in [0.5, 0.6) is 0 Å². The average molecular weight is 294 g/mol. The maximum Gasteiger partial charge on any atom is 0.265 e. The minimum absolute atomic E-state index is 0.174. The van der Waals surface area contributed by atoms with Crippen molar-refractivity contribution in [3.8, 4) is 11.4 Å². The van der Waals surface area contributed by atoms with Gasteiger partial charge in [0.1, 0.15) is 10.3 Å². The first-order valence-corrected chi connectivity index (χ1v) is 5.90. The Morgan fingerprint density at radius 1 is 1.24 bits per heavy atom. The topological polar surface area (TPSA) is 49.0 Å². The van der Waals surface area contributed by atoms with Crippen molar-refractivity contribution in [3.63, 3.8) is 0 Å². The van der Waals surface area contributed by atoms with Gasteiger partial charge in [0, 0.05) is 31.5 Å². The molecule has 0 aliphatic carbocycles. The van der Waals surface area contributed by atoms with Crippen molar-refractivity contribution >= 4 is 21.6 Å². The molecule has 0 saturated heterocycles. The smallest absolute Gasteiger partial charge is 0.265 e. The Hall–Kier alpha value is -1.62. The third kappa shape index (κ3) is 2.55. The fourth-order valence-corrected chi connectivity index (χ4v) is 1.65. The number of rotatable bonds is 2. The van der Waals surface area contributed by atoms with Crippen LogP contribution in [0.1, 0.15) is 0 Å². The van der Waals surface area contributed by atoms with Crippen molar-refractivity contribution in [3.05, 3.63) is 45.3 Å². The Bertz CT molecular complexity index is 575. The quantitative estimate of drug-likeness (QED) is 0.924. The fourth-order valence-electron chi connectivity index (χ4n) is 1.44. The molecule has 0 amide bonds.